The molecule has 1 amide bonds. The first-order valence-electron chi connectivity index (χ1n) is 9.59. The Morgan fingerprint density at radius 2 is 2.00 bits per heavy atom. The molecule has 2 fully saturated rings. The third-order valence-corrected chi connectivity index (χ3v) is 6.50. The summed E-state index contributed by atoms with van der Waals surface area (Å²) in [4.78, 5) is 21.9. The minimum absolute atomic E-state index is 0.125. The smallest absolute Gasteiger partial charge is 0.236 e. The first-order valence-corrected chi connectivity index (χ1v) is 10.4. The van der Waals surface area contributed by atoms with Gasteiger partial charge in [0.15, 0.2) is 0 Å². The normalized spacial score (nSPS) is 27.8. The number of carbonyl (C=O) groups is 1. The lowest BCUT2D eigenvalue weighted by Gasteiger charge is -2.37. The first kappa shape index (κ1) is 17.9. The fraction of sp³-hybridized carbons (Fsp3) is 0.600. The Morgan fingerprint density at radius 1 is 1.23 bits per heavy atom. The number of thiazole rings is 1. The molecular formula is C20H27N3O2S. The lowest BCUT2D eigenvalue weighted by molar-refractivity contribution is -0.144. The summed E-state index contributed by atoms with van der Waals surface area (Å²) < 4.78 is 7.00. The molecule has 0 unspecified atom stereocenters. The van der Waals surface area contributed by atoms with E-state index in [1.54, 1.807) is 11.3 Å². The van der Waals surface area contributed by atoms with Crippen LogP contribution >= 0.6 is 11.3 Å². The number of likely N-dealkylation sites (tertiary alicyclic amines) is 1. The molecule has 3 atom stereocenters. The number of amides is 1. The largest absolute Gasteiger partial charge is 0.372 e. The van der Waals surface area contributed by atoms with Crippen molar-refractivity contribution in [3.05, 3.63) is 29.3 Å². The fourth-order valence-electron chi connectivity index (χ4n) is 4.14. The molecular weight excluding hydrogens is 346 g/mol. The first-order chi connectivity index (χ1) is 12.6. The van der Waals surface area contributed by atoms with E-state index in [1.807, 2.05) is 24.8 Å². The average molecular weight is 374 g/mol. The summed E-state index contributed by atoms with van der Waals surface area (Å²) in [6.45, 7) is 7.95. The van der Waals surface area contributed by atoms with Crippen molar-refractivity contribution >= 4 is 27.5 Å². The topological polar surface area (TPSA) is 45.7 Å². The number of hydrogen-bond donors (Lipinski definition) is 0. The van der Waals surface area contributed by atoms with Gasteiger partial charge in [0.05, 0.1) is 34.0 Å². The van der Waals surface area contributed by atoms with Crippen molar-refractivity contribution < 1.29 is 9.53 Å². The Bertz CT molecular complexity index is 734. The van der Waals surface area contributed by atoms with Crippen LogP contribution in [0.5, 0.6) is 0 Å². The maximum Gasteiger partial charge on any atom is 0.236 e. The minimum atomic E-state index is 0.125. The zero-order valence-corrected chi connectivity index (χ0v) is 16.4. The van der Waals surface area contributed by atoms with Crippen LogP contribution in [0.2, 0.25) is 0 Å². The van der Waals surface area contributed by atoms with Crippen LogP contribution in [0.3, 0.4) is 0 Å². The van der Waals surface area contributed by atoms with Crippen LogP contribution < -0.4 is 0 Å². The summed E-state index contributed by atoms with van der Waals surface area (Å²) in [6.07, 6.45) is 2.54. The molecule has 6 heteroatoms. The molecule has 2 aliphatic rings. The summed E-state index contributed by atoms with van der Waals surface area (Å²) >= 11 is 1.80. The Balaban J connectivity index is 1.39. The second-order valence-electron chi connectivity index (χ2n) is 7.65. The number of fused-ring (bicyclic) bond motifs is 1. The van der Waals surface area contributed by atoms with E-state index in [4.69, 9.17) is 9.72 Å². The zero-order chi connectivity index (χ0) is 18.1. The van der Waals surface area contributed by atoms with Gasteiger partial charge in [-0.25, -0.2) is 4.98 Å². The van der Waals surface area contributed by atoms with E-state index in [1.165, 1.54) is 9.71 Å². The number of para-hydroxylation sites is 1. The molecule has 1 aromatic heterocycles. The molecule has 0 bridgehead atoms. The highest BCUT2D eigenvalue weighted by molar-refractivity contribution is 7.18. The van der Waals surface area contributed by atoms with E-state index >= 15 is 0 Å². The van der Waals surface area contributed by atoms with Gasteiger partial charge in [-0.15, -0.1) is 11.3 Å². The van der Waals surface area contributed by atoms with Crippen LogP contribution in [0.1, 0.15) is 37.6 Å². The van der Waals surface area contributed by atoms with E-state index < -0.39 is 0 Å². The lowest BCUT2D eigenvalue weighted by Crippen LogP contribution is -2.51. The Kier molecular flexibility index (Phi) is 5.25. The van der Waals surface area contributed by atoms with E-state index in [-0.39, 0.29) is 18.1 Å². The number of aromatic nitrogens is 1. The predicted octanol–water partition coefficient (Wildman–Crippen LogP) is 3.11. The Labute approximate surface area is 159 Å². The number of piperidine rings is 1. The summed E-state index contributed by atoms with van der Waals surface area (Å²) in [5.41, 5.74) is 1.09. The Hall–Kier alpha value is -1.50. The van der Waals surface area contributed by atoms with E-state index in [0.29, 0.717) is 25.6 Å². The van der Waals surface area contributed by atoms with Gasteiger partial charge in [0, 0.05) is 25.6 Å². The lowest BCUT2D eigenvalue weighted by atomic mass is 9.98. The van der Waals surface area contributed by atoms with Crippen LogP contribution in [0.25, 0.3) is 10.2 Å². The standard InChI is InChI=1S/C20H27N3O2S/c1-14-10-23(11-15(2)25-14)19(24)13-22-9-5-6-16(12-22)20-21-17-7-3-4-8-18(17)26-20/h3-4,7-8,14-16H,5-6,9-13H2,1-2H3/t14-,15+,16-/m0/s1. The van der Waals surface area contributed by atoms with Gasteiger partial charge in [-0.3, -0.25) is 9.69 Å². The molecule has 26 heavy (non-hydrogen) atoms. The number of hydrogen-bond acceptors (Lipinski definition) is 5. The number of morpholine rings is 1. The molecule has 0 aliphatic carbocycles. The quantitative estimate of drug-likeness (QED) is 0.829. The second-order valence-corrected chi connectivity index (χ2v) is 8.71. The maximum atomic E-state index is 12.8. The highest BCUT2D eigenvalue weighted by Gasteiger charge is 2.29. The van der Waals surface area contributed by atoms with Crippen molar-refractivity contribution in [1.29, 1.82) is 0 Å². The number of carbonyl (C=O) groups excluding carboxylic acids is 1. The summed E-state index contributed by atoms with van der Waals surface area (Å²) in [5.74, 6) is 0.674. The van der Waals surface area contributed by atoms with Gasteiger partial charge in [0.1, 0.15) is 0 Å². The minimum Gasteiger partial charge on any atom is -0.372 e. The fourth-order valence-corrected chi connectivity index (χ4v) is 5.23. The molecule has 3 heterocycles. The SMILES string of the molecule is C[C@@H]1CN(C(=O)CN2CCC[C@H](c3nc4ccccc4s3)C2)C[C@H](C)O1. The predicted molar refractivity (Wildman–Crippen MR) is 105 cm³/mol. The Morgan fingerprint density at radius 3 is 2.77 bits per heavy atom. The van der Waals surface area contributed by atoms with Gasteiger partial charge < -0.3 is 9.64 Å². The maximum absolute atomic E-state index is 12.8. The van der Waals surface area contributed by atoms with Crippen LogP contribution in [-0.4, -0.2) is 65.6 Å². The zero-order valence-electron chi connectivity index (χ0n) is 15.6. The molecule has 140 valence electrons. The number of benzene rings is 1. The number of rotatable bonds is 3. The molecule has 0 N–H and O–H groups in total. The van der Waals surface area contributed by atoms with Gasteiger partial charge in [-0.1, -0.05) is 12.1 Å². The molecule has 0 spiro atoms. The van der Waals surface area contributed by atoms with Crippen LogP contribution in [0, 0.1) is 0 Å². The molecule has 0 saturated carbocycles. The molecule has 2 aromatic rings. The van der Waals surface area contributed by atoms with Crippen molar-refractivity contribution in [1.82, 2.24) is 14.8 Å². The highest BCUT2D eigenvalue weighted by Crippen LogP contribution is 2.32. The summed E-state index contributed by atoms with van der Waals surface area (Å²) in [7, 11) is 0. The average Bonchev–Trinajstić information content (AvgIpc) is 3.05. The molecule has 0 radical (unpaired) electrons. The van der Waals surface area contributed by atoms with Crippen molar-refractivity contribution in [3.63, 3.8) is 0 Å². The molecule has 5 nitrogen and oxygen atoms in total. The van der Waals surface area contributed by atoms with E-state index in [2.05, 4.69) is 23.1 Å². The molecule has 4 rings (SSSR count). The molecule has 1 aromatic carbocycles. The van der Waals surface area contributed by atoms with E-state index in [9.17, 15) is 4.79 Å². The number of ether oxygens (including phenoxy) is 1. The van der Waals surface area contributed by atoms with Crippen molar-refractivity contribution in [2.45, 2.75) is 44.8 Å². The van der Waals surface area contributed by atoms with Gasteiger partial charge in [0.25, 0.3) is 0 Å². The molecule has 2 saturated heterocycles. The molecule has 2 aliphatic heterocycles. The number of nitrogens with zero attached hydrogens (tertiary/aromatic N) is 3. The second kappa shape index (κ2) is 7.62. The summed E-state index contributed by atoms with van der Waals surface area (Å²) in [6, 6.07) is 8.34. The highest BCUT2D eigenvalue weighted by atomic mass is 32.1. The van der Waals surface area contributed by atoms with Gasteiger partial charge in [-0.2, -0.15) is 0 Å². The van der Waals surface area contributed by atoms with E-state index in [0.717, 1.165) is 31.4 Å². The van der Waals surface area contributed by atoms with Gasteiger partial charge in [0.2, 0.25) is 5.91 Å². The van der Waals surface area contributed by atoms with Gasteiger partial charge in [-0.05, 0) is 45.4 Å². The third-order valence-electron chi connectivity index (χ3n) is 5.30. The third kappa shape index (κ3) is 3.92. The van der Waals surface area contributed by atoms with Crippen molar-refractivity contribution in [2.24, 2.45) is 0 Å². The van der Waals surface area contributed by atoms with Crippen molar-refractivity contribution in [2.75, 3.05) is 32.7 Å². The monoisotopic (exact) mass is 373 g/mol. The summed E-state index contributed by atoms with van der Waals surface area (Å²) in [5, 5.41) is 1.22. The van der Waals surface area contributed by atoms with Crippen LogP contribution in [0.4, 0.5) is 0 Å². The van der Waals surface area contributed by atoms with Crippen LogP contribution in [0.15, 0.2) is 24.3 Å². The van der Waals surface area contributed by atoms with Crippen LogP contribution in [-0.2, 0) is 9.53 Å². The van der Waals surface area contributed by atoms with Crippen molar-refractivity contribution in [3.8, 4) is 0 Å². The van der Waals surface area contributed by atoms with Gasteiger partial charge >= 0.3 is 0 Å².